The van der Waals surface area contributed by atoms with Crippen LogP contribution in [0.25, 0.3) is 0 Å². The van der Waals surface area contributed by atoms with Gasteiger partial charge in [0.15, 0.2) is 0 Å². The first-order valence-electron chi connectivity index (χ1n) is 8.28. The number of carbonyl (C=O) groups is 1. The molecule has 1 saturated heterocycles. The maximum atomic E-state index is 12.8. The fraction of sp³-hybridized carbons (Fsp3) is 0.389. The molecular formula is C18H21NO5S2. The Balaban J connectivity index is 1.85. The predicted octanol–water partition coefficient (Wildman–Crippen LogP) is 2.13. The lowest BCUT2D eigenvalue weighted by Gasteiger charge is -2.42. The van der Waals surface area contributed by atoms with E-state index in [-0.39, 0.29) is 30.1 Å². The van der Waals surface area contributed by atoms with Gasteiger partial charge in [0.2, 0.25) is 0 Å². The monoisotopic (exact) mass is 395 g/mol. The summed E-state index contributed by atoms with van der Waals surface area (Å²) >= 11 is 1.17. The first-order valence-corrected chi connectivity index (χ1v) is 10.5. The summed E-state index contributed by atoms with van der Waals surface area (Å²) in [6, 6.07) is 12.4. The Morgan fingerprint density at radius 3 is 2.50 bits per heavy atom. The third-order valence-electron chi connectivity index (χ3n) is 4.92. The Kier molecular flexibility index (Phi) is 5.21. The van der Waals surface area contributed by atoms with E-state index in [1.54, 1.807) is 12.1 Å². The van der Waals surface area contributed by atoms with Crippen LogP contribution in [0.4, 0.5) is 0 Å². The van der Waals surface area contributed by atoms with Crippen molar-refractivity contribution in [3.63, 3.8) is 0 Å². The number of aliphatic hydroxyl groups is 1. The lowest BCUT2D eigenvalue weighted by atomic mass is 9.72. The molecule has 2 atom stereocenters. The van der Waals surface area contributed by atoms with Crippen LogP contribution in [0.3, 0.4) is 0 Å². The fourth-order valence-electron chi connectivity index (χ4n) is 3.34. The highest BCUT2D eigenvalue weighted by atomic mass is 32.2. The van der Waals surface area contributed by atoms with Crippen LogP contribution >= 0.6 is 11.3 Å². The van der Waals surface area contributed by atoms with Crippen molar-refractivity contribution in [1.82, 2.24) is 4.31 Å². The van der Waals surface area contributed by atoms with Gasteiger partial charge in [0.05, 0.1) is 6.10 Å². The minimum atomic E-state index is -3.72. The summed E-state index contributed by atoms with van der Waals surface area (Å²) in [5, 5.41) is 20.5. The fourth-order valence-corrected chi connectivity index (χ4v) is 6.22. The molecule has 1 aliphatic heterocycles. The van der Waals surface area contributed by atoms with Crippen molar-refractivity contribution >= 4 is 27.3 Å². The van der Waals surface area contributed by atoms with Crippen molar-refractivity contribution in [2.45, 2.75) is 30.1 Å². The molecule has 1 aromatic carbocycles. The van der Waals surface area contributed by atoms with Gasteiger partial charge in [-0.25, -0.2) is 8.42 Å². The Morgan fingerprint density at radius 2 is 1.96 bits per heavy atom. The van der Waals surface area contributed by atoms with E-state index in [4.69, 9.17) is 0 Å². The largest absolute Gasteiger partial charge is 0.481 e. The summed E-state index contributed by atoms with van der Waals surface area (Å²) in [4.78, 5) is 12.9. The molecule has 0 radical (unpaired) electrons. The molecule has 26 heavy (non-hydrogen) atoms. The van der Waals surface area contributed by atoms with E-state index in [2.05, 4.69) is 0 Å². The topological polar surface area (TPSA) is 94.9 Å². The zero-order valence-electron chi connectivity index (χ0n) is 14.3. The van der Waals surface area contributed by atoms with Gasteiger partial charge >= 0.3 is 5.97 Å². The van der Waals surface area contributed by atoms with Crippen LogP contribution in [-0.4, -0.2) is 48.1 Å². The Hall–Kier alpha value is -1.74. The summed E-state index contributed by atoms with van der Waals surface area (Å²) in [7, 11) is -3.72. The number of carboxylic acids is 1. The molecule has 2 N–H and O–H groups in total. The number of sulfonamides is 1. The van der Waals surface area contributed by atoms with Gasteiger partial charge in [0, 0.05) is 18.0 Å². The number of piperidine rings is 1. The van der Waals surface area contributed by atoms with Crippen LogP contribution in [0.2, 0.25) is 0 Å². The third-order valence-corrected chi connectivity index (χ3v) is 8.25. The van der Waals surface area contributed by atoms with Gasteiger partial charge in [-0.15, -0.1) is 11.3 Å². The molecule has 6 nitrogen and oxygen atoms in total. The molecule has 140 valence electrons. The number of aryl methyl sites for hydroxylation is 1. The number of nitrogens with zero attached hydrogens (tertiary/aromatic N) is 1. The molecule has 0 unspecified atom stereocenters. The molecule has 1 fully saturated rings. The maximum absolute atomic E-state index is 12.8. The highest BCUT2D eigenvalue weighted by Gasteiger charge is 2.50. The van der Waals surface area contributed by atoms with Crippen LogP contribution < -0.4 is 0 Å². The van der Waals surface area contributed by atoms with E-state index in [9.17, 15) is 23.4 Å². The van der Waals surface area contributed by atoms with E-state index in [0.717, 1.165) is 10.4 Å². The standard InChI is InChI=1S/C18H21NO5S2/c1-13-7-8-16(25-13)26(23,24)19-10-9-18(17(21)22,15(20)12-19)11-14-5-3-2-4-6-14/h2-8,15,20H,9-12H2,1H3,(H,21,22)/t15-,18+/m0/s1. The van der Waals surface area contributed by atoms with Gasteiger partial charge in [-0.3, -0.25) is 4.79 Å². The minimum absolute atomic E-state index is 0.0575. The van der Waals surface area contributed by atoms with Crippen molar-refractivity contribution in [1.29, 1.82) is 0 Å². The second kappa shape index (κ2) is 7.11. The van der Waals surface area contributed by atoms with Gasteiger partial charge in [-0.05, 0) is 37.5 Å². The van der Waals surface area contributed by atoms with Crippen molar-refractivity contribution in [2.24, 2.45) is 5.41 Å². The zero-order chi connectivity index (χ0) is 18.9. The number of carboxylic acid groups (broad SMARTS) is 1. The van der Waals surface area contributed by atoms with Crippen LogP contribution in [-0.2, 0) is 21.2 Å². The molecule has 1 aliphatic rings. The molecule has 0 spiro atoms. The Labute approximate surface area is 156 Å². The molecule has 0 saturated carbocycles. The molecule has 0 bridgehead atoms. The number of benzene rings is 1. The first-order chi connectivity index (χ1) is 12.3. The quantitative estimate of drug-likeness (QED) is 0.809. The second-order valence-corrected chi connectivity index (χ2v) is 10.1. The third kappa shape index (κ3) is 3.42. The first kappa shape index (κ1) is 19.0. The molecular weight excluding hydrogens is 374 g/mol. The molecule has 8 heteroatoms. The van der Waals surface area contributed by atoms with Gasteiger partial charge in [0.25, 0.3) is 10.0 Å². The second-order valence-electron chi connectivity index (χ2n) is 6.62. The summed E-state index contributed by atoms with van der Waals surface area (Å²) in [5.41, 5.74) is -0.585. The van der Waals surface area contributed by atoms with Gasteiger partial charge in [-0.1, -0.05) is 30.3 Å². The summed E-state index contributed by atoms with van der Waals surface area (Å²) in [6.45, 7) is 1.66. The lowest BCUT2D eigenvalue weighted by Crippen LogP contribution is -2.56. The van der Waals surface area contributed by atoms with Gasteiger partial charge in [-0.2, -0.15) is 4.31 Å². The summed E-state index contributed by atoms with van der Waals surface area (Å²) in [6.07, 6.45) is -1.07. The van der Waals surface area contributed by atoms with E-state index in [1.807, 2.05) is 37.3 Å². The van der Waals surface area contributed by atoms with E-state index in [1.165, 1.54) is 15.6 Å². The molecule has 2 heterocycles. The predicted molar refractivity (Wildman–Crippen MR) is 98.7 cm³/mol. The molecule has 0 amide bonds. The van der Waals surface area contributed by atoms with Crippen molar-refractivity contribution in [3.05, 3.63) is 52.9 Å². The van der Waals surface area contributed by atoms with Crippen LogP contribution in [0, 0.1) is 12.3 Å². The molecule has 1 aromatic heterocycles. The number of hydrogen-bond acceptors (Lipinski definition) is 5. The number of aliphatic carboxylic acids is 1. The van der Waals surface area contributed by atoms with Crippen molar-refractivity contribution in [2.75, 3.05) is 13.1 Å². The highest BCUT2D eigenvalue weighted by Crippen LogP contribution is 2.38. The smallest absolute Gasteiger partial charge is 0.312 e. The average molecular weight is 396 g/mol. The summed E-state index contributed by atoms with van der Waals surface area (Å²) in [5.74, 6) is -1.10. The van der Waals surface area contributed by atoms with Crippen molar-refractivity contribution < 1.29 is 23.4 Å². The number of hydrogen-bond donors (Lipinski definition) is 2. The van der Waals surface area contributed by atoms with E-state index >= 15 is 0 Å². The van der Waals surface area contributed by atoms with E-state index < -0.39 is 27.5 Å². The number of aliphatic hydroxyl groups excluding tert-OH is 1. The maximum Gasteiger partial charge on any atom is 0.312 e. The van der Waals surface area contributed by atoms with Crippen LogP contribution in [0.1, 0.15) is 16.9 Å². The van der Waals surface area contributed by atoms with Crippen LogP contribution in [0.5, 0.6) is 0 Å². The highest BCUT2D eigenvalue weighted by molar-refractivity contribution is 7.91. The van der Waals surface area contributed by atoms with Gasteiger partial charge in [0.1, 0.15) is 9.62 Å². The lowest BCUT2D eigenvalue weighted by molar-refractivity contribution is -0.161. The van der Waals surface area contributed by atoms with Crippen molar-refractivity contribution in [3.8, 4) is 0 Å². The number of thiophene rings is 1. The summed E-state index contributed by atoms with van der Waals surface area (Å²) < 4.78 is 26.9. The Bertz CT molecular complexity index is 893. The molecule has 3 rings (SSSR count). The zero-order valence-corrected chi connectivity index (χ0v) is 16.0. The Morgan fingerprint density at radius 1 is 1.27 bits per heavy atom. The average Bonchev–Trinajstić information content (AvgIpc) is 3.04. The normalized spacial score (nSPS) is 24.5. The van der Waals surface area contributed by atoms with E-state index in [0.29, 0.717) is 0 Å². The van der Waals surface area contributed by atoms with Gasteiger partial charge < -0.3 is 10.2 Å². The minimum Gasteiger partial charge on any atom is -0.481 e. The molecule has 2 aromatic rings. The molecule has 0 aliphatic carbocycles. The van der Waals surface area contributed by atoms with Crippen LogP contribution in [0.15, 0.2) is 46.7 Å². The number of β-amino-alcohol motifs (C(OH)–C–C–N with tert-alkyl or cyclic N) is 1. The SMILES string of the molecule is Cc1ccc(S(=O)(=O)N2CC[C@](Cc3ccccc3)(C(=O)O)[C@@H](O)C2)s1. The number of rotatable bonds is 5.